The third kappa shape index (κ3) is 3.81. The van der Waals surface area contributed by atoms with E-state index in [0.717, 1.165) is 66.4 Å². The number of benzene rings is 2. The van der Waals surface area contributed by atoms with Crippen LogP contribution < -0.4 is 5.76 Å². The highest BCUT2D eigenvalue weighted by molar-refractivity contribution is 6.17. The maximum absolute atomic E-state index is 13.3. The largest absolute Gasteiger partial charge is 0.507 e. The number of oxazole rings is 1. The molecule has 168 valence electrons. The Labute approximate surface area is 188 Å². The van der Waals surface area contributed by atoms with Crippen molar-refractivity contribution in [3.63, 3.8) is 0 Å². The first-order chi connectivity index (χ1) is 15.3. The number of carbonyl (C=O) groups is 1. The normalized spacial score (nSPS) is 16.9. The molecule has 5 nitrogen and oxygen atoms in total. The van der Waals surface area contributed by atoms with E-state index in [0.29, 0.717) is 22.4 Å². The molecule has 0 bridgehead atoms. The van der Waals surface area contributed by atoms with E-state index in [1.165, 1.54) is 4.57 Å². The first-order valence-corrected chi connectivity index (χ1v) is 11.6. The van der Waals surface area contributed by atoms with E-state index in [1.807, 2.05) is 31.2 Å². The number of ketones is 1. The van der Waals surface area contributed by atoms with Crippen molar-refractivity contribution < 1.29 is 14.3 Å². The summed E-state index contributed by atoms with van der Waals surface area (Å²) in [6, 6.07) is 7.63. The average molecular weight is 434 g/mol. The number of unbranched alkanes of at least 4 members (excludes halogenated alkanes) is 2. The van der Waals surface area contributed by atoms with Crippen LogP contribution in [0.1, 0.15) is 85.0 Å². The molecule has 0 fully saturated rings. The minimum absolute atomic E-state index is 0.0285. The molecule has 1 unspecified atom stereocenters. The Balaban J connectivity index is 1.77. The summed E-state index contributed by atoms with van der Waals surface area (Å²) in [5.74, 6) is -0.134. The highest BCUT2D eigenvalue weighted by Gasteiger charge is 2.33. The van der Waals surface area contributed by atoms with Gasteiger partial charge in [0.05, 0.1) is 5.52 Å². The standard InChI is InChI=1S/C27H31NO4/c1-5-7-9-18-11-17(12-19(25(18)29)10-8-6-2)13-21-16(3)20-14-23-24(15-22(20)26(21)30)32-27(31)28(23)4/h11-16,29H,5-10H2,1-4H3/b21-13+. The summed E-state index contributed by atoms with van der Waals surface area (Å²) < 4.78 is 6.76. The number of aromatic nitrogens is 1. The summed E-state index contributed by atoms with van der Waals surface area (Å²) in [7, 11) is 1.67. The Morgan fingerprint density at radius 3 is 2.25 bits per heavy atom. The molecule has 0 amide bonds. The first-order valence-electron chi connectivity index (χ1n) is 11.6. The van der Waals surface area contributed by atoms with Gasteiger partial charge in [-0.25, -0.2) is 4.79 Å². The van der Waals surface area contributed by atoms with Gasteiger partial charge < -0.3 is 9.52 Å². The molecule has 0 radical (unpaired) electrons. The molecule has 1 atom stereocenters. The van der Waals surface area contributed by atoms with Gasteiger partial charge in [-0.2, -0.15) is 0 Å². The summed E-state index contributed by atoms with van der Waals surface area (Å²) in [5.41, 5.74) is 6.24. The maximum atomic E-state index is 13.3. The van der Waals surface area contributed by atoms with Gasteiger partial charge in [0.1, 0.15) is 5.75 Å². The summed E-state index contributed by atoms with van der Waals surface area (Å²) in [5, 5.41) is 10.8. The number of Topliss-reactive ketones (excluding diaryl/α,β-unsaturated/α-hetero) is 1. The van der Waals surface area contributed by atoms with Crippen LogP contribution in [0.5, 0.6) is 5.75 Å². The highest BCUT2D eigenvalue weighted by atomic mass is 16.4. The minimum Gasteiger partial charge on any atom is -0.507 e. The molecule has 1 aliphatic rings. The molecular formula is C27H31NO4. The molecule has 4 rings (SSSR count). The Kier molecular flexibility index (Phi) is 6.09. The van der Waals surface area contributed by atoms with Crippen LogP contribution in [0.4, 0.5) is 0 Å². The SMILES string of the molecule is CCCCc1cc(/C=C2/C(=O)c3cc4oc(=O)n(C)c4cc3C2C)cc(CCCC)c1O. The van der Waals surface area contributed by atoms with Gasteiger partial charge in [-0.3, -0.25) is 9.36 Å². The lowest BCUT2D eigenvalue weighted by Crippen LogP contribution is -2.08. The van der Waals surface area contributed by atoms with Crippen molar-refractivity contribution in [2.45, 2.75) is 65.2 Å². The number of fused-ring (bicyclic) bond motifs is 2. The fourth-order valence-electron chi connectivity index (χ4n) is 4.62. The predicted octanol–water partition coefficient (Wildman–Crippen LogP) is 5.91. The third-order valence-electron chi connectivity index (χ3n) is 6.62. The summed E-state index contributed by atoms with van der Waals surface area (Å²) in [6.07, 6.45) is 7.77. The molecule has 3 aromatic rings. The fourth-order valence-corrected chi connectivity index (χ4v) is 4.62. The Bertz CT molecular complexity index is 1250. The van der Waals surface area contributed by atoms with E-state index >= 15 is 0 Å². The van der Waals surface area contributed by atoms with E-state index < -0.39 is 5.76 Å². The monoisotopic (exact) mass is 433 g/mol. The van der Waals surface area contributed by atoms with Crippen LogP contribution in [0.15, 0.2) is 39.1 Å². The molecule has 1 aliphatic carbocycles. The number of phenols is 1. The number of hydrogen-bond donors (Lipinski definition) is 1. The van der Waals surface area contributed by atoms with Crippen molar-refractivity contribution >= 4 is 23.0 Å². The smallest absolute Gasteiger partial charge is 0.419 e. The lowest BCUT2D eigenvalue weighted by Gasteiger charge is -2.13. The van der Waals surface area contributed by atoms with Crippen LogP contribution >= 0.6 is 0 Å². The lowest BCUT2D eigenvalue weighted by atomic mass is 9.93. The Hall–Kier alpha value is -3.08. The van der Waals surface area contributed by atoms with E-state index in [-0.39, 0.29) is 11.7 Å². The van der Waals surface area contributed by atoms with Crippen LogP contribution in [0.2, 0.25) is 0 Å². The van der Waals surface area contributed by atoms with E-state index in [1.54, 1.807) is 13.1 Å². The number of nitrogens with zero attached hydrogens (tertiary/aromatic N) is 1. The Morgan fingerprint density at radius 2 is 1.66 bits per heavy atom. The van der Waals surface area contributed by atoms with Crippen molar-refractivity contribution in [2.75, 3.05) is 0 Å². The van der Waals surface area contributed by atoms with E-state index in [2.05, 4.69) is 13.8 Å². The first kappa shape index (κ1) is 22.1. The van der Waals surface area contributed by atoms with Crippen molar-refractivity contribution in [3.8, 4) is 5.75 Å². The van der Waals surface area contributed by atoms with Gasteiger partial charge in [0.2, 0.25) is 0 Å². The summed E-state index contributed by atoms with van der Waals surface area (Å²) in [6.45, 7) is 6.31. The zero-order valence-electron chi connectivity index (χ0n) is 19.3. The number of allylic oxidation sites excluding steroid dienone is 1. The molecule has 0 aliphatic heterocycles. The number of carbonyl (C=O) groups excluding carboxylic acids is 1. The second-order valence-corrected chi connectivity index (χ2v) is 8.88. The van der Waals surface area contributed by atoms with Crippen molar-refractivity contribution in [1.82, 2.24) is 4.57 Å². The van der Waals surface area contributed by atoms with Crippen LogP contribution in [0, 0.1) is 0 Å². The predicted molar refractivity (Wildman–Crippen MR) is 128 cm³/mol. The minimum atomic E-state index is -0.428. The van der Waals surface area contributed by atoms with Gasteiger partial charge >= 0.3 is 5.76 Å². The summed E-state index contributed by atoms with van der Waals surface area (Å²) in [4.78, 5) is 25.1. The number of rotatable bonds is 7. The van der Waals surface area contributed by atoms with Gasteiger partial charge in [0.25, 0.3) is 0 Å². The van der Waals surface area contributed by atoms with Crippen molar-refractivity contribution in [2.24, 2.45) is 7.05 Å². The number of aromatic hydroxyl groups is 1. The van der Waals surface area contributed by atoms with Crippen LogP contribution in [0.3, 0.4) is 0 Å². The number of hydrogen-bond acceptors (Lipinski definition) is 4. The van der Waals surface area contributed by atoms with Crippen molar-refractivity contribution in [3.05, 3.63) is 68.2 Å². The van der Waals surface area contributed by atoms with Gasteiger partial charge in [-0.05, 0) is 78.3 Å². The maximum Gasteiger partial charge on any atom is 0.419 e. The summed E-state index contributed by atoms with van der Waals surface area (Å²) >= 11 is 0. The van der Waals surface area contributed by atoms with Crippen LogP contribution in [0.25, 0.3) is 17.2 Å². The van der Waals surface area contributed by atoms with Crippen molar-refractivity contribution in [1.29, 1.82) is 0 Å². The fraction of sp³-hybridized carbons (Fsp3) is 0.407. The molecule has 1 heterocycles. The number of aryl methyl sites for hydroxylation is 3. The van der Waals surface area contributed by atoms with E-state index in [4.69, 9.17) is 4.42 Å². The molecule has 0 spiro atoms. The Morgan fingerprint density at radius 1 is 1.03 bits per heavy atom. The molecular weight excluding hydrogens is 402 g/mol. The second-order valence-electron chi connectivity index (χ2n) is 8.88. The quantitative estimate of drug-likeness (QED) is 0.471. The lowest BCUT2D eigenvalue weighted by molar-refractivity contribution is 0.103. The molecule has 5 heteroatoms. The molecule has 1 N–H and O–H groups in total. The zero-order valence-corrected chi connectivity index (χ0v) is 19.3. The van der Waals surface area contributed by atoms with Crippen LogP contribution in [-0.2, 0) is 19.9 Å². The third-order valence-corrected chi connectivity index (χ3v) is 6.62. The highest BCUT2D eigenvalue weighted by Crippen LogP contribution is 2.40. The van der Waals surface area contributed by atoms with Gasteiger partial charge in [-0.15, -0.1) is 0 Å². The van der Waals surface area contributed by atoms with Gasteiger partial charge in [0, 0.05) is 24.1 Å². The molecule has 2 aromatic carbocycles. The average Bonchev–Trinajstić information content (AvgIpc) is 3.18. The molecule has 0 saturated carbocycles. The molecule has 32 heavy (non-hydrogen) atoms. The van der Waals surface area contributed by atoms with Gasteiger partial charge in [0.15, 0.2) is 11.4 Å². The zero-order chi connectivity index (χ0) is 23.0. The van der Waals surface area contributed by atoms with E-state index in [9.17, 15) is 14.7 Å². The topological polar surface area (TPSA) is 72.4 Å². The number of phenolic OH excluding ortho intramolecular Hbond substituents is 1. The molecule has 1 aromatic heterocycles. The molecule has 0 saturated heterocycles. The van der Waals surface area contributed by atoms with Crippen LogP contribution in [-0.4, -0.2) is 15.5 Å². The van der Waals surface area contributed by atoms with Gasteiger partial charge in [-0.1, -0.05) is 33.6 Å². The second kappa shape index (κ2) is 8.81.